The molecule has 6 aromatic carbocycles. The molecule has 16 rings (SSSR count). The second kappa shape index (κ2) is 34.8. The molecule has 0 radical (unpaired) electrons. The molecule has 0 spiro atoms. The van der Waals surface area contributed by atoms with Crippen LogP contribution in [0.15, 0.2) is 108 Å². The number of aliphatic hydroxyl groups excluding tert-OH is 6. The van der Waals surface area contributed by atoms with Crippen LogP contribution in [0.2, 0.25) is 10.0 Å². The Labute approximate surface area is 672 Å². The van der Waals surface area contributed by atoms with Gasteiger partial charge >= 0.3 is 0 Å². The number of nitrogens with one attached hydrogen (secondary N) is 5. The Balaban J connectivity index is 1.000. The molecule has 0 unspecified atom stereocenters. The Kier molecular flexibility index (Phi) is 25.2. The quantitative estimate of drug-likeness (QED) is 0.0338. The van der Waals surface area contributed by atoms with Crippen LogP contribution in [0.4, 0.5) is 0 Å². The molecule has 15 bridgehead atoms. The number of rotatable bonds is 19. The van der Waals surface area contributed by atoms with E-state index in [0.717, 1.165) is 93.1 Å². The summed E-state index contributed by atoms with van der Waals surface area (Å²) in [6.45, 7) is 6.76. The fourth-order valence-corrected chi connectivity index (χ4v) is 19.0. The SMILES string of the molecule is CCCCOc1ccc(S(=O)(=O)NC(=O)C[C@@H]2CC(=O)[C@H](NC(=O)[C@H](CC)CC(C)C)[C@H](O)c3ccc(c(Cl)c3)Oc3cc4cc(c3O[C@@H]3O[C@H](CO)[C@@H](O)[C@H](O)[C@H]3O)Oc3ccc(cc3Cl)[C@@H](O)[C@@H]3NC(=O)[C@H](CC(=O)[C@@H]4NC2=O)c2ccc(O)c(c2)-c2c(O)cc(O)cc2[C@@H](C(=O)CC2C4CC5CC(C4)CC2C5)NC3=O)cc1. The number of aromatic hydroxyl groups is 3. The zero-order chi connectivity index (χ0) is 82.3. The highest BCUT2D eigenvalue weighted by molar-refractivity contribution is 7.90. The van der Waals surface area contributed by atoms with Crippen molar-refractivity contribution in [1.29, 1.82) is 0 Å². The van der Waals surface area contributed by atoms with Gasteiger partial charge in [0.1, 0.15) is 95.3 Å². The molecule has 5 fully saturated rings. The maximum absolute atomic E-state index is 16.5. The average molecular weight is 1650 g/mol. The van der Waals surface area contributed by atoms with E-state index in [0.29, 0.717) is 37.0 Å². The van der Waals surface area contributed by atoms with Gasteiger partial charge < -0.3 is 90.9 Å². The van der Waals surface area contributed by atoms with Crippen molar-refractivity contribution in [3.63, 3.8) is 0 Å². The number of aliphatic hydroxyl groups is 6. The lowest BCUT2D eigenvalue weighted by Crippen LogP contribution is -2.60. The molecule has 10 aliphatic rings. The molecule has 6 aromatic rings. The number of carbonyl (C=O) groups is 8. The second-order valence-corrected chi connectivity index (χ2v) is 34.2. The predicted molar refractivity (Wildman–Crippen MR) is 412 cm³/mol. The largest absolute Gasteiger partial charge is 0.508 e. The van der Waals surface area contributed by atoms with Crippen molar-refractivity contribution >= 4 is 80.1 Å². The molecule has 6 aliphatic heterocycles. The Hall–Kier alpha value is -9.47. The first kappa shape index (κ1) is 83.5. The van der Waals surface area contributed by atoms with Crippen LogP contribution in [-0.2, 0) is 53.1 Å². The molecular formula is C83H93Cl2N5O24S. The standard InChI is InChI=1S/C83H93Cl2N5O24S/c1-5-7-18-110-49-11-13-50(14-12-49)115(108,109)90-67(98)31-47-28-59(95)71(88-79(104)40(6-2)19-37(3)4)73(99)42-9-16-62(55(84)26-42)111-64-29-46-30-65(78(64)114-83-77(103)76(102)75(101)66(36-91)113-83)112-63-17-10-43(27-56(63)85)74(100)72-82(107)87-70(61(97)34-51-44-21-38-20-39(23-44)24-45(51)22-38)54-32-48(92)33-58(94)68(54)53-25-41(8-15-57(53)93)52(81(106)89-72)35-60(96)69(46)86-80(47)105/h8-17,25-27,29-30,32-33,37-40,44-45,47,51-52,66,69-77,83,91-94,99-103H,5-7,18-24,28,31,34-36H2,1-4H3,(H,86,105)(H,87,107)(H,88,104)(H,89,106)(H,90,98)/t38?,39?,40-,44?,45?,47+,51?,52-,66-,69-,70+,71+,72+,73-,74-,75-,76+,77-,83+/m1/s1. The number of fused-ring (bicyclic) bond motifs is 15. The van der Waals surface area contributed by atoms with Gasteiger partial charge in [-0.2, -0.15) is 0 Å². The van der Waals surface area contributed by atoms with E-state index in [1.54, 1.807) is 6.92 Å². The predicted octanol–water partition coefficient (Wildman–Crippen LogP) is 8.43. The van der Waals surface area contributed by atoms with Crippen LogP contribution in [0.1, 0.15) is 169 Å². The number of hydrogen-bond donors (Lipinski definition) is 14. The number of ketones is 3. The van der Waals surface area contributed by atoms with Crippen LogP contribution < -0.4 is 44.9 Å². The summed E-state index contributed by atoms with van der Waals surface area (Å²) < 4.78 is 61.5. The van der Waals surface area contributed by atoms with E-state index < -0.39 is 213 Å². The number of halogens is 2. The van der Waals surface area contributed by atoms with E-state index in [1.807, 2.05) is 25.5 Å². The van der Waals surface area contributed by atoms with E-state index in [-0.39, 0.29) is 91.4 Å². The van der Waals surface area contributed by atoms with Crippen molar-refractivity contribution in [2.45, 2.75) is 189 Å². The van der Waals surface area contributed by atoms with Crippen molar-refractivity contribution in [1.82, 2.24) is 26.0 Å². The summed E-state index contributed by atoms with van der Waals surface area (Å²) in [4.78, 5) is 124. The maximum atomic E-state index is 16.5. The lowest BCUT2D eigenvalue weighted by molar-refractivity contribution is -0.277. The first-order chi connectivity index (χ1) is 54.8. The molecule has 14 N–H and O–H groups in total. The van der Waals surface area contributed by atoms with Gasteiger partial charge in [-0.05, 0) is 194 Å². The molecular weight excluding hydrogens is 1550 g/mol. The molecule has 1 saturated heterocycles. The number of ether oxygens (including phenoxy) is 5. The summed E-state index contributed by atoms with van der Waals surface area (Å²) in [6.07, 6.45) is -10.9. The first-order valence-corrected chi connectivity index (χ1v) is 41.0. The van der Waals surface area contributed by atoms with Crippen LogP contribution in [-0.4, -0.2) is 157 Å². The lowest BCUT2D eigenvalue weighted by atomic mass is 9.51. The summed E-state index contributed by atoms with van der Waals surface area (Å²) in [5.41, 5.74) is -1.76. The van der Waals surface area contributed by atoms with Gasteiger partial charge in [-0.3, -0.25) is 38.4 Å². The average Bonchev–Trinajstić information content (AvgIpc) is 0.757. The first-order valence-electron chi connectivity index (χ1n) is 38.7. The van der Waals surface area contributed by atoms with Crippen molar-refractivity contribution < 1.29 is 116 Å². The number of unbranched alkanes of at least 4 members (excludes halogenated alkanes) is 1. The van der Waals surface area contributed by atoms with Crippen LogP contribution in [0.3, 0.4) is 0 Å². The molecule has 32 heteroatoms. The second-order valence-electron chi connectivity index (χ2n) is 31.7. The van der Waals surface area contributed by atoms with Crippen molar-refractivity contribution in [2.24, 2.45) is 47.3 Å². The van der Waals surface area contributed by atoms with Crippen LogP contribution >= 0.6 is 23.2 Å². The number of phenolic OH excluding ortho intramolecular Hbond substituents is 3. The zero-order valence-corrected chi connectivity index (χ0v) is 65.6. The molecule has 5 amide bonds. The summed E-state index contributed by atoms with van der Waals surface area (Å²) in [6, 6.07) is 11.7. The summed E-state index contributed by atoms with van der Waals surface area (Å²) in [5.74, 6) is -16.6. The Morgan fingerprint density at radius 2 is 1.29 bits per heavy atom. The number of benzene rings is 6. The highest BCUT2D eigenvalue weighted by atomic mass is 35.5. The maximum Gasteiger partial charge on any atom is 0.264 e. The molecule has 0 aromatic heterocycles. The third kappa shape index (κ3) is 17.9. The van der Waals surface area contributed by atoms with Gasteiger partial charge in [0.05, 0.1) is 40.0 Å². The van der Waals surface area contributed by atoms with Crippen molar-refractivity contribution in [3.05, 3.63) is 141 Å². The van der Waals surface area contributed by atoms with E-state index in [4.69, 9.17) is 46.9 Å². The highest BCUT2D eigenvalue weighted by Gasteiger charge is 2.51. The molecule has 4 saturated carbocycles. The Morgan fingerprint density at radius 1 is 0.652 bits per heavy atom. The van der Waals surface area contributed by atoms with Gasteiger partial charge in [0.2, 0.25) is 41.6 Å². The molecule has 4 aliphatic carbocycles. The van der Waals surface area contributed by atoms with Gasteiger partial charge in [0.15, 0.2) is 28.8 Å². The van der Waals surface area contributed by atoms with Crippen LogP contribution in [0.5, 0.6) is 51.7 Å². The van der Waals surface area contributed by atoms with Crippen LogP contribution in [0.25, 0.3) is 11.1 Å². The minimum atomic E-state index is -4.84. The lowest BCUT2D eigenvalue weighted by Gasteiger charge is -2.54. The number of carbonyl (C=O) groups excluding carboxylic acids is 8. The third-order valence-electron chi connectivity index (χ3n) is 23.3. The summed E-state index contributed by atoms with van der Waals surface area (Å²) in [7, 11) is -4.84. The Morgan fingerprint density at radius 3 is 1.90 bits per heavy atom. The Bertz CT molecular complexity index is 4840. The summed E-state index contributed by atoms with van der Waals surface area (Å²) in [5, 5.41) is 115. The number of hydrogen-bond acceptors (Lipinski definition) is 24. The van der Waals surface area contributed by atoms with E-state index in [2.05, 4.69) is 21.3 Å². The normalized spacial score (nSPS) is 28.2. The smallest absolute Gasteiger partial charge is 0.264 e. The van der Waals surface area contributed by atoms with Crippen LogP contribution in [0, 0.1) is 47.3 Å². The fraction of sp³-hybridized carbons (Fsp3) is 0.470. The third-order valence-corrected chi connectivity index (χ3v) is 25.3. The van der Waals surface area contributed by atoms with Gasteiger partial charge in [0.25, 0.3) is 10.0 Å². The number of amides is 5. The van der Waals surface area contributed by atoms with Gasteiger partial charge in [-0.25, -0.2) is 13.1 Å². The van der Waals surface area contributed by atoms with E-state index >= 15 is 28.8 Å². The van der Waals surface area contributed by atoms with Gasteiger partial charge in [-0.15, -0.1) is 0 Å². The molecule has 614 valence electrons. The van der Waals surface area contributed by atoms with Crippen molar-refractivity contribution in [2.75, 3.05) is 13.2 Å². The highest BCUT2D eigenvalue weighted by Crippen LogP contribution is 2.58. The minimum absolute atomic E-state index is 0.0602. The number of phenols is 3. The molecule has 29 nitrogen and oxygen atoms in total. The van der Waals surface area contributed by atoms with Gasteiger partial charge in [0, 0.05) is 48.8 Å². The van der Waals surface area contributed by atoms with E-state index in [9.17, 15) is 64.0 Å². The minimum Gasteiger partial charge on any atom is -0.508 e. The van der Waals surface area contributed by atoms with E-state index in [1.165, 1.54) is 48.5 Å². The molecule has 6 heterocycles. The molecule has 14 atom stereocenters. The zero-order valence-electron chi connectivity index (χ0n) is 63.3. The number of Topliss-reactive ketones (excluding diaryl/α,β-unsaturated/α-hetero) is 3. The fourth-order valence-electron chi connectivity index (χ4n) is 17.5. The monoisotopic (exact) mass is 1650 g/mol. The van der Waals surface area contributed by atoms with Gasteiger partial charge in [-0.1, -0.05) is 75.5 Å². The molecule has 115 heavy (non-hydrogen) atoms. The number of sulfonamides is 1. The van der Waals surface area contributed by atoms with Crippen molar-refractivity contribution in [3.8, 4) is 62.9 Å². The summed E-state index contributed by atoms with van der Waals surface area (Å²) >= 11 is 14.3. The topological polar surface area (TPSA) is 459 Å².